The number of carbonyl (C=O) groups excluding carboxylic acids is 2. The summed E-state index contributed by atoms with van der Waals surface area (Å²) in [4.78, 5) is 28.9. The first-order valence-corrected chi connectivity index (χ1v) is 10.1. The van der Waals surface area contributed by atoms with E-state index in [0.29, 0.717) is 19.5 Å². The largest absolute Gasteiger partial charge is 0.444 e. The summed E-state index contributed by atoms with van der Waals surface area (Å²) in [5, 5.41) is 3.05. The van der Waals surface area contributed by atoms with E-state index in [0.717, 1.165) is 18.4 Å². The van der Waals surface area contributed by atoms with Gasteiger partial charge in [-0.3, -0.25) is 9.69 Å². The van der Waals surface area contributed by atoms with Gasteiger partial charge >= 0.3 is 6.09 Å². The average Bonchev–Trinajstić information content (AvgIpc) is 3.10. The third-order valence-corrected chi connectivity index (χ3v) is 5.05. The van der Waals surface area contributed by atoms with E-state index < -0.39 is 17.7 Å². The first-order valence-electron chi connectivity index (χ1n) is 10.1. The van der Waals surface area contributed by atoms with Gasteiger partial charge in [-0.25, -0.2) is 4.79 Å². The third kappa shape index (κ3) is 5.96. The van der Waals surface area contributed by atoms with Crippen LogP contribution < -0.4 is 5.32 Å². The zero-order valence-corrected chi connectivity index (χ0v) is 18.1. The van der Waals surface area contributed by atoms with E-state index in [1.165, 1.54) is 5.56 Å². The van der Waals surface area contributed by atoms with Crippen molar-refractivity contribution >= 4 is 12.0 Å². The standard InChI is InChI=1S/C22H35N3O3/c1-7-16-10-12-17(13-11-16)19(24(5)6)15-23-20(26)18-9-8-14-25(18)21(27)28-22(2,3)4/h10-13,18-19H,7-9,14-15H2,1-6H3,(H,23,26). The topological polar surface area (TPSA) is 61.9 Å². The highest BCUT2D eigenvalue weighted by Crippen LogP contribution is 2.22. The third-order valence-electron chi connectivity index (χ3n) is 5.05. The second kappa shape index (κ2) is 9.41. The van der Waals surface area contributed by atoms with Gasteiger partial charge in [-0.1, -0.05) is 31.2 Å². The molecule has 0 bridgehead atoms. The minimum Gasteiger partial charge on any atom is -0.444 e. The molecule has 1 heterocycles. The van der Waals surface area contributed by atoms with Crippen molar-refractivity contribution in [3.8, 4) is 0 Å². The number of hydrogen-bond acceptors (Lipinski definition) is 4. The highest BCUT2D eigenvalue weighted by molar-refractivity contribution is 5.86. The summed E-state index contributed by atoms with van der Waals surface area (Å²) in [6.07, 6.45) is 2.08. The van der Waals surface area contributed by atoms with E-state index in [1.54, 1.807) is 4.90 Å². The number of nitrogens with zero attached hydrogens (tertiary/aromatic N) is 2. The zero-order chi connectivity index (χ0) is 20.9. The van der Waals surface area contributed by atoms with Crippen LogP contribution in [0.15, 0.2) is 24.3 Å². The van der Waals surface area contributed by atoms with Crippen LogP contribution in [0, 0.1) is 0 Å². The van der Waals surface area contributed by atoms with Gasteiger partial charge in [-0.2, -0.15) is 0 Å². The van der Waals surface area contributed by atoms with Gasteiger partial charge in [0.2, 0.25) is 5.91 Å². The van der Waals surface area contributed by atoms with E-state index in [2.05, 4.69) is 41.4 Å². The quantitative estimate of drug-likeness (QED) is 0.810. The maximum atomic E-state index is 12.8. The molecule has 1 aliphatic rings. The van der Waals surface area contributed by atoms with Gasteiger partial charge in [0.05, 0.1) is 6.04 Å². The highest BCUT2D eigenvalue weighted by atomic mass is 16.6. The zero-order valence-electron chi connectivity index (χ0n) is 18.1. The van der Waals surface area contributed by atoms with E-state index in [-0.39, 0.29) is 11.9 Å². The van der Waals surface area contributed by atoms with Gasteiger partial charge in [-0.05, 0) is 65.3 Å². The summed E-state index contributed by atoms with van der Waals surface area (Å²) in [5.74, 6) is -0.111. The Balaban J connectivity index is 2.00. The van der Waals surface area contributed by atoms with Crippen molar-refractivity contribution < 1.29 is 14.3 Å². The molecule has 2 amide bonds. The summed E-state index contributed by atoms with van der Waals surface area (Å²) in [5.41, 5.74) is 1.89. The summed E-state index contributed by atoms with van der Waals surface area (Å²) in [6.45, 7) is 8.69. The van der Waals surface area contributed by atoms with Crippen molar-refractivity contribution in [3.05, 3.63) is 35.4 Å². The molecule has 1 fully saturated rings. The van der Waals surface area contributed by atoms with Crippen LogP contribution in [-0.2, 0) is 16.0 Å². The van der Waals surface area contributed by atoms with E-state index >= 15 is 0 Å². The molecule has 1 aromatic carbocycles. The molecule has 6 nitrogen and oxygen atoms in total. The van der Waals surface area contributed by atoms with Gasteiger partial charge in [0.25, 0.3) is 0 Å². The second-order valence-electron chi connectivity index (χ2n) is 8.65. The van der Waals surface area contributed by atoms with Gasteiger partial charge in [0.15, 0.2) is 0 Å². The number of carbonyl (C=O) groups is 2. The Morgan fingerprint density at radius 2 is 1.89 bits per heavy atom. The fraction of sp³-hybridized carbons (Fsp3) is 0.636. The van der Waals surface area contributed by atoms with E-state index in [1.807, 2.05) is 34.9 Å². The van der Waals surface area contributed by atoms with Crippen LogP contribution in [0.2, 0.25) is 0 Å². The van der Waals surface area contributed by atoms with Crippen LogP contribution in [0.3, 0.4) is 0 Å². The lowest BCUT2D eigenvalue weighted by atomic mass is 10.0. The van der Waals surface area contributed by atoms with Gasteiger partial charge in [0.1, 0.15) is 11.6 Å². The molecule has 0 saturated carbocycles. The van der Waals surface area contributed by atoms with Crippen molar-refractivity contribution in [1.82, 2.24) is 15.1 Å². The van der Waals surface area contributed by atoms with E-state index in [4.69, 9.17) is 4.74 Å². The highest BCUT2D eigenvalue weighted by Gasteiger charge is 2.36. The van der Waals surface area contributed by atoms with Crippen molar-refractivity contribution in [2.75, 3.05) is 27.2 Å². The predicted octanol–water partition coefficient (Wildman–Crippen LogP) is 3.37. The Kier molecular flexibility index (Phi) is 7.47. The Morgan fingerprint density at radius 3 is 2.43 bits per heavy atom. The van der Waals surface area contributed by atoms with Crippen LogP contribution >= 0.6 is 0 Å². The number of likely N-dealkylation sites (N-methyl/N-ethyl adjacent to an activating group) is 1. The number of benzene rings is 1. The van der Waals surface area contributed by atoms with E-state index in [9.17, 15) is 9.59 Å². The number of amides is 2. The molecule has 0 aromatic heterocycles. The summed E-state index contributed by atoms with van der Waals surface area (Å²) in [6, 6.07) is 8.13. The predicted molar refractivity (Wildman–Crippen MR) is 111 cm³/mol. The lowest BCUT2D eigenvalue weighted by Gasteiger charge is -2.29. The molecule has 28 heavy (non-hydrogen) atoms. The molecule has 1 saturated heterocycles. The fourth-order valence-electron chi connectivity index (χ4n) is 3.47. The number of likely N-dealkylation sites (tertiary alicyclic amines) is 1. The van der Waals surface area contributed by atoms with Crippen LogP contribution in [-0.4, -0.2) is 60.6 Å². The van der Waals surface area contributed by atoms with Gasteiger partial charge in [-0.15, -0.1) is 0 Å². The summed E-state index contributed by atoms with van der Waals surface area (Å²) in [7, 11) is 4.01. The molecule has 156 valence electrons. The van der Waals surface area contributed by atoms with Crippen LogP contribution in [0.5, 0.6) is 0 Å². The van der Waals surface area contributed by atoms with Crippen molar-refractivity contribution in [2.24, 2.45) is 0 Å². The first-order chi connectivity index (χ1) is 13.1. The Morgan fingerprint density at radius 1 is 1.25 bits per heavy atom. The molecule has 0 spiro atoms. The van der Waals surface area contributed by atoms with Crippen molar-refractivity contribution in [1.29, 1.82) is 0 Å². The number of aryl methyl sites for hydroxylation is 1. The molecular weight excluding hydrogens is 354 g/mol. The molecule has 6 heteroatoms. The second-order valence-corrected chi connectivity index (χ2v) is 8.65. The maximum Gasteiger partial charge on any atom is 0.410 e. The fourth-order valence-corrected chi connectivity index (χ4v) is 3.47. The van der Waals surface area contributed by atoms with Gasteiger partial charge < -0.3 is 15.0 Å². The number of nitrogens with one attached hydrogen (secondary N) is 1. The smallest absolute Gasteiger partial charge is 0.410 e. The SMILES string of the molecule is CCc1ccc(C(CNC(=O)C2CCCN2C(=O)OC(C)(C)C)N(C)C)cc1. The minimum atomic E-state index is -0.568. The summed E-state index contributed by atoms with van der Waals surface area (Å²) >= 11 is 0. The number of ether oxygens (including phenoxy) is 1. The average molecular weight is 390 g/mol. The lowest BCUT2D eigenvalue weighted by Crippen LogP contribution is -2.48. The molecule has 2 unspecified atom stereocenters. The molecule has 0 aliphatic carbocycles. The van der Waals surface area contributed by atoms with Crippen LogP contribution in [0.25, 0.3) is 0 Å². The van der Waals surface area contributed by atoms with Crippen molar-refractivity contribution in [3.63, 3.8) is 0 Å². The maximum absolute atomic E-state index is 12.8. The lowest BCUT2D eigenvalue weighted by molar-refractivity contribution is -0.125. The van der Waals surface area contributed by atoms with Crippen LogP contribution in [0.4, 0.5) is 4.79 Å². The summed E-state index contributed by atoms with van der Waals surface area (Å²) < 4.78 is 5.46. The normalized spacial score (nSPS) is 18.2. The van der Waals surface area contributed by atoms with Crippen molar-refractivity contribution in [2.45, 2.75) is 64.6 Å². The minimum absolute atomic E-state index is 0.0752. The Labute approximate surface area is 169 Å². The molecule has 2 atom stereocenters. The first kappa shape index (κ1) is 22.2. The molecule has 0 radical (unpaired) electrons. The molecule has 1 aliphatic heterocycles. The molecular formula is C22H35N3O3. The number of rotatable bonds is 6. The van der Waals surface area contributed by atoms with Crippen LogP contribution in [0.1, 0.15) is 57.7 Å². The van der Waals surface area contributed by atoms with Gasteiger partial charge in [0, 0.05) is 13.1 Å². The molecule has 1 aromatic rings. The Hall–Kier alpha value is -2.08. The Bertz CT molecular complexity index is 665. The monoisotopic (exact) mass is 389 g/mol. The number of hydrogen-bond donors (Lipinski definition) is 1. The molecule has 2 rings (SSSR count). The molecule has 1 N–H and O–H groups in total.